The van der Waals surface area contributed by atoms with E-state index in [4.69, 9.17) is 26.5 Å². The number of nitrogen functional groups attached to an aromatic ring is 1. The third-order valence-electron chi connectivity index (χ3n) is 5.14. The molecule has 0 aromatic carbocycles. The number of hydrogen-bond donors (Lipinski definition) is 3. The zero-order chi connectivity index (χ0) is 20.9. The third-order valence-corrected chi connectivity index (χ3v) is 5.14. The summed E-state index contributed by atoms with van der Waals surface area (Å²) in [5.74, 6) is -1.19. The Kier molecular flexibility index (Phi) is 4.79. The van der Waals surface area contributed by atoms with E-state index in [1.807, 2.05) is 0 Å². The number of alkyl halides is 1. The maximum Gasteiger partial charge on any atom is 0.351 e. The highest BCUT2D eigenvalue weighted by Gasteiger charge is 2.90. The molecule has 0 bridgehead atoms. The van der Waals surface area contributed by atoms with Crippen molar-refractivity contribution >= 4 is 11.8 Å². The van der Waals surface area contributed by atoms with Crippen molar-refractivity contribution in [3.05, 3.63) is 33.2 Å². The molecule has 6 atom stereocenters. The van der Waals surface area contributed by atoms with Crippen LogP contribution < -0.4 is 17.2 Å². The van der Waals surface area contributed by atoms with Crippen molar-refractivity contribution in [3.8, 4) is 0 Å². The molecule has 3 rings (SSSR count). The number of hydrogen-bond acceptors (Lipinski definition) is 9. The zero-order valence-corrected chi connectivity index (χ0v) is 15.1. The summed E-state index contributed by atoms with van der Waals surface area (Å²) in [7, 11) is 0. The van der Waals surface area contributed by atoms with Gasteiger partial charge in [0.1, 0.15) is 11.9 Å². The number of halogens is 1. The number of esters is 1. The molecule has 1 aromatic heterocycles. The molecule has 1 saturated carbocycles. The maximum atomic E-state index is 15.2. The summed E-state index contributed by atoms with van der Waals surface area (Å²) in [5, 5.41) is 14.2. The van der Waals surface area contributed by atoms with Crippen molar-refractivity contribution in [2.24, 2.45) is 16.8 Å². The minimum Gasteiger partial charge on any atom is -0.455 e. The molecular formula is C15H20FN7O5. The second-order valence-corrected chi connectivity index (χ2v) is 7.14. The lowest BCUT2D eigenvalue weighted by molar-refractivity contribution is -0.160. The van der Waals surface area contributed by atoms with Crippen molar-refractivity contribution in [3.63, 3.8) is 0 Å². The van der Waals surface area contributed by atoms with Gasteiger partial charge in [0.05, 0.1) is 6.54 Å². The van der Waals surface area contributed by atoms with E-state index in [1.165, 1.54) is 6.07 Å². The lowest BCUT2D eigenvalue weighted by Gasteiger charge is -2.24. The standard InChI is InChI=1S/C15H20FN7O5/c1-6(2)8(18)11(24)27-12-14(5-20-22-19)15(12,26)9(16)10(28-14)23-4-3-7(17)21-13(23)25/h3-4,6,8-10,12,26H,5,18H2,1-2H3,(H2,17,21,25)/t8?,9-,10+,12?,14+,15+/m0/s1. The van der Waals surface area contributed by atoms with Crippen molar-refractivity contribution in [2.45, 2.75) is 49.6 Å². The molecule has 1 aliphatic carbocycles. The Morgan fingerprint density at radius 2 is 2.32 bits per heavy atom. The molecule has 2 aliphatic rings. The van der Waals surface area contributed by atoms with E-state index in [1.54, 1.807) is 13.8 Å². The molecule has 2 heterocycles. The van der Waals surface area contributed by atoms with Crippen molar-refractivity contribution in [1.29, 1.82) is 0 Å². The maximum absolute atomic E-state index is 15.2. The average Bonchev–Trinajstić information content (AvgIpc) is 3.04. The van der Waals surface area contributed by atoms with E-state index in [0.717, 1.165) is 10.8 Å². The quantitative estimate of drug-likeness (QED) is 0.245. The summed E-state index contributed by atoms with van der Waals surface area (Å²) in [6.07, 6.45) is -4.05. The predicted molar refractivity (Wildman–Crippen MR) is 92.3 cm³/mol. The molecule has 1 aliphatic heterocycles. The molecule has 0 radical (unpaired) electrons. The lowest BCUT2D eigenvalue weighted by atomic mass is 10.1. The molecule has 13 heteroatoms. The van der Waals surface area contributed by atoms with Crippen LogP contribution in [0.3, 0.4) is 0 Å². The van der Waals surface area contributed by atoms with Crippen LogP contribution in [0.15, 0.2) is 22.2 Å². The van der Waals surface area contributed by atoms with Crippen LogP contribution in [-0.4, -0.2) is 56.7 Å². The van der Waals surface area contributed by atoms with Crippen molar-refractivity contribution in [2.75, 3.05) is 12.3 Å². The molecule has 2 unspecified atom stereocenters. The third kappa shape index (κ3) is 2.71. The van der Waals surface area contributed by atoms with E-state index in [2.05, 4.69) is 15.0 Å². The van der Waals surface area contributed by atoms with Gasteiger partial charge in [-0.15, -0.1) is 0 Å². The first-order valence-corrected chi connectivity index (χ1v) is 8.46. The van der Waals surface area contributed by atoms with Crippen LogP contribution in [0.1, 0.15) is 20.1 Å². The molecule has 152 valence electrons. The Labute approximate surface area is 157 Å². The number of aliphatic hydroxyl groups is 1. The van der Waals surface area contributed by atoms with Gasteiger partial charge in [-0.3, -0.25) is 9.36 Å². The summed E-state index contributed by atoms with van der Waals surface area (Å²) in [6.45, 7) is 2.85. The van der Waals surface area contributed by atoms with Gasteiger partial charge < -0.3 is 26.0 Å². The topological polar surface area (TPSA) is 191 Å². The molecular weight excluding hydrogens is 377 g/mol. The second-order valence-electron chi connectivity index (χ2n) is 7.14. The van der Waals surface area contributed by atoms with Crippen molar-refractivity contribution < 1.29 is 23.8 Å². The number of nitrogens with two attached hydrogens (primary N) is 2. The zero-order valence-electron chi connectivity index (χ0n) is 15.1. The van der Waals surface area contributed by atoms with E-state index in [9.17, 15) is 14.7 Å². The number of azide groups is 1. The number of ether oxygens (including phenoxy) is 2. The highest BCUT2D eigenvalue weighted by molar-refractivity contribution is 5.76. The van der Waals surface area contributed by atoms with Crippen LogP contribution in [-0.2, 0) is 14.3 Å². The average molecular weight is 397 g/mol. The van der Waals surface area contributed by atoms with Crippen LogP contribution >= 0.6 is 0 Å². The number of carbonyl (C=O) groups excluding carboxylic acids is 1. The monoisotopic (exact) mass is 397 g/mol. The summed E-state index contributed by atoms with van der Waals surface area (Å²) in [5.41, 5.74) is 14.7. The van der Waals surface area contributed by atoms with Gasteiger partial charge in [0.25, 0.3) is 0 Å². The van der Waals surface area contributed by atoms with Gasteiger partial charge in [-0.1, -0.05) is 19.0 Å². The lowest BCUT2D eigenvalue weighted by Crippen LogP contribution is -2.42. The Bertz CT molecular complexity index is 903. The molecule has 12 nitrogen and oxygen atoms in total. The van der Waals surface area contributed by atoms with E-state index in [-0.39, 0.29) is 11.7 Å². The summed E-state index contributed by atoms with van der Waals surface area (Å²) < 4.78 is 26.7. The Hall–Kier alpha value is -2.73. The molecule has 0 amide bonds. The molecule has 1 saturated heterocycles. The summed E-state index contributed by atoms with van der Waals surface area (Å²) >= 11 is 0. The van der Waals surface area contributed by atoms with Crippen LogP contribution in [0.2, 0.25) is 0 Å². The van der Waals surface area contributed by atoms with Crippen LogP contribution in [0, 0.1) is 5.92 Å². The number of anilines is 1. The van der Waals surface area contributed by atoms with Crippen LogP contribution in [0.5, 0.6) is 0 Å². The molecule has 5 N–H and O–H groups in total. The van der Waals surface area contributed by atoms with Crippen LogP contribution in [0.25, 0.3) is 10.4 Å². The number of fused-ring (bicyclic) bond motifs is 1. The smallest absolute Gasteiger partial charge is 0.351 e. The van der Waals surface area contributed by atoms with E-state index >= 15 is 4.39 Å². The Balaban J connectivity index is 1.91. The minimum atomic E-state index is -2.32. The largest absolute Gasteiger partial charge is 0.455 e. The number of rotatable bonds is 6. The van der Waals surface area contributed by atoms with Gasteiger partial charge in [0, 0.05) is 11.1 Å². The highest BCUT2D eigenvalue weighted by Crippen LogP contribution is 2.65. The number of carbonyl (C=O) groups is 1. The molecule has 1 aromatic rings. The van der Waals surface area contributed by atoms with Gasteiger partial charge in [-0.2, -0.15) is 4.98 Å². The fraction of sp³-hybridized carbons (Fsp3) is 0.667. The van der Waals surface area contributed by atoms with E-state index in [0.29, 0.717) is 0 Å². The predicted octanol–water partition coefficient (Wildman–Crippen LogP) is -0.619. The fourth-order valence-electron chi connectivity index (χ4n) is 3.36. The normalized spacial score (nSPS) is 34.4. The first-order chi connectivity index (χ1) is 13.1. The fourth-order valence-corrected chi connectivity index (χ4v) is 3.36. The van der Waals surface area contributed by atoms with Gasteiger partial charge in [0.15, 0.2) is 29.7 Å². The summed E-state index contributed by atoms with van der Waals surface area (Å²) in [4.78, 5) is 30.2. The number of aromatic nitrogens is 2. The molecule has 0 spiro atoms. The highest BCUT2D eigenvalue weighted by atomic mass is 19.1. The SMILES string of the molecule is CC(C)C(N)C(=O)OC1[C@@]2(CN=[N+]=[N-])O[C@@H](n3ccc(N)nc3=O)[C@H](F)[C@@]12O. The first kappa shape index (κ1) is 20.0. The molecule has 28 heavy (non-hydrogen) atoms. The Morgan fingerprint density at radius 1 is 1.64 bits per heavy atom. The first-order valence-electron chi connectivity index (χ1n) is 8.46. The van der Waals surface area contributed by atoms with Gasteiger partial charge in [-0.05, 0) is 17.5 Å². The van der Waals surface area contributed by atoms with Gasteiger partial charge in [-0.25, -0.2) is 9.18 Å². The van der Waals surface area contributed by atoms with Gasteiger partial charge >= 0.3 is 11.7 Å². The minimum absolute atomic E-state index is 0.0724. The van der Waals surface area contributed by atoms with Gasteiger partial charge in [0.2, 0.25) is 0 Å². The number of nitrogens with zero attached hydrogens (tertiary/aromatic N) is 5. The second kappa shape index (κ2) is 6.71. The van der Waals surface area contributed by atoms with Crippen LogP contribution in [0.4, 0.5) is 10.2 Å². The van der Waals surface area contributed by atoms with Crippen molar-refractivity contribution in [1.82, 2.24) is 9.55 Å². The molecule has 2 fully saturated rings. The summed E-state index contributed by atoms with van der Waals surface area (Å²) in [6, 6.07) is 0.254. The van der Waals surface area contributed by atoms with E-state index < -0.39 is 54.0 Å². The Morgan fingerprint density at radius 3 is 2.89 bits per heavy atom.